The molecule has 0 saturated carbocycles. The van der Waals surface area contributed by atoms with E-state index in [-0.39, 0.29) is 12.8 Å². The smallest absolute Gasteiger partial charge is 0.319 e. The highest BCUT2D eigenvalue weighted by atomic mass is 16.7. The number of carbonyl (C=O) groups excluding carboxylic acids is 1. The van der Waals surface area contributed by atoms with Crippen LogP contribution in [0.1, 0.15) is 36.5 Å². The highest BCUT2D eigenvalue weighted by Crippen LogP contribution is 2.32. The minimum atomic E-state index is -0.220. The van der Waals surface area contributed by atoms with Gasteiger partial charge in [-0.1, -0.05) is 31.5 Å². The van der Waals surface area contributed by atoms with Gasteiger partial charge in [-0.2, -0.15) is 0 Å². The first-order valence-corrected chi connectivity index (χ1v) is 8.68. The van der Waals surface area contributed by atoms with E-state index in [0.717, 1.165) is 34.7 Å². The van der Waals surface area contributed by atoms with Crippen LogP contribution in [0.25, 0.3) is 0 Å². The number of urea groups is 1. The highest BCUT2D eigenvalue weighted by Gasteiger charge is 2.13. The summed E-state index contributed by atoms with van der Waals surface area (Å²) in [5.41, 5.74) is 4.19. The number of rotatable bonds is 6. The van der Waals surface area contributed by atoms with Crippen LogP contribution < -0.4 is 20.1 Å². The summed E-state index contributed by atoms with van der Waals surface area (Å²) in [5.74, 6) is 1.46. The predicted octanol–water partition coefficient (Wildman–Crippen LogP) is 4.39. The van der Waals surface area contributed by atoms with Crippen LogP contribution in [0.15, 0.2) is 36.4 Å². The lowest BCUT2D eigenvalue weighted by Gasteiger charge is -2.11. The first kappa shape index (κ1) is 17.1. The molecule has 3 rings (SSSR count). The van der Waals surface area contributed by atoms with E-state index in [1.807, 2.05) is 31.2 Å². The van der Waals surface area contributed by atoms with Crippen molar-refractivity contribution < 1.29 is 14.3 Å². The molecule has 0 radical (unpaired) electrons. The van der Waals surface area contributed by atoms with Crippen molar-refractivity contribution in [2.45, 2.75) is 39.7 Å². The summed E-state index contributed by atoms with van der Waals surface area (Å²) in [6.45, 7) is 4.88. The Balaban J connectivity index is 1.54. The van der Waals surface area contributed by atoms with Gasteiger partial charge in [-0.25, -0.2) is 4.79 Å². The fourth-order valence-electron chi connectivity index (χ4n) is 2.80. The van der Waals surface area contributed by atoms with Gasteiger partial charge in [0.15, 0.2) is 11.5 Å². The van der Waals surface area contributed by atoms with Crippen molar-refractivity contribution in [2.24, 2.45) is 0 Å². The molecule has 0 saturated heterocycles. The summed E-state index contributed by atoms with van der Waals surface area (Å²) in [7, 11) is 0. The van der Waals surface area contributed by atoms with Crippen LogP contribution in [0.4, 0.5) is 10.5 Å². The molecular formula is C20H24N2O3. The number of fused-ring (bicyclic) bond motifs is 1. The predicted molar refractivity (Wildman–Crippen MR) is 98.2 cm³/mol. The van der Waals surface area contributed by atoms with Crippen LogP contribution in [0.5, 0.6) is 11.5 Å². The summed E-state index contributed by atoms with van der Waals surface area (Å²) < 4.78 is 10.6. The molecule has 0 aliphatic carbocycles. The van der Waals surface area contributed by atoms with E-state index in [1.165, 1.54) is 18.4 Å². The van der Waals surface area contributed by atoms with Crippen LogP contribution in [0.3, 0.4) is 0 Å². The molecule has 5 heteroatoms. The summed E-state index contributed by atoms with van der Waals surface area (Å²) in [6, 6.07) is 11.6. The second-order valence-electron chi connectivity index (χ2n) is 6.25. The monoisotopic (exact) mass is 340 g/mol. The van der Waals surface area contributed by atoms with Gasteiger partial charge in [0.1, 0.15) is 0 Å². The molecular weight excluding hydrogens is 316 g/mol. The Morgan fingerprint density at radius 2 is 1.88 bits per heavy atom. The molecule has 1 aliphatic heterocycles. The maximum Gasteiger partial charge on any atom is 0.319 e. The van der Waals surface area contributed by atoms with Crippen LogP contribution in [-0.2, 0) is 13.0 Å². The van der Waals surface area contributed by atoms with E-state index in [9.17, 15) is 4.79 Å². The van der Waals surface area contributed by atoms with E-state index in [1.54, 1.807) is 0 Å². The van der Waals surface area contributed by atoms with Crippen molar-refractivity contribution in [1.82, 2.24) is 5.32 Å². The largest absolute Gasteiger partial charge is 0.454 e. The Hall–Kier alpha value is -2.69. The lowest BCUT2D eigenvalue weighted by molar-refractivity contribution is 0.174. The van der Waals surface area contributed by atoms with Gasteiger partial charge in [0.2, 0.25) is 6.79 Å². The molecule has 1 aliphatic rings. The van der Waals surface area contributed by atoms with Crippen LogP contribution in [0.2, 0.25) is 0 Å². The molecule has 1 heterocycles. The van der Waals surface area contributed by atoms with Crippen molar-refractivity contribution in [3.05, 3.63) is 53.1 Å². The number of hydrogen-bond donors (Lipinski definition) is 2. The Bertz CT molecular complexity index is 759. The second-order valence-corrected chi connectivity index (χ2v) is 6.25. The third-order valence-electron chi connectivity index (χ3n) is 4.25. The molecule has 25 heavy (non-hydrogen) atoms. The van der Waals surface area contributed by atoms with Gasteiger partial charge >= 0.3 is 6.03 Å². The van der Waals surface area contributed by atoms with Gasteiger partial charge < -0.3 is 20.1 Å². The van der Waals surface area contributed by atoms with Crippen molar-refractivity contribution in [1.29, 1.82) is 0 Å². The normalized spacial score (nSPS) is 12.1. The summed E-state index contributed by atoms with van der Waals surface area (Å²) in [5, 5.41) is 5.78. The average Bonchev–Trinajstić information content (AvgIpc) is 3.08. The van der Waals surface area contributed by atoms with Crippen molar-refractivity contribution >= 4 is 11.7 Å². The van der Waals surface area contributed by atoms with E-state index in [4.69, 9.17) is 9.47 Å². The van der Waals surface area contributed by atoms with Crippen LogP contribution in [0, 0.1) is 6.92 Å². The zero-order valence-electron chi connectivity index (χ0n) is 14.7. The standard InChI is InChI=1S/C20H24N2O3/c1-3-4-5-15-6-8-17(14(2)10-15)22-20(23)21-12-16-7-9-18-19(11-16)25-13-24-18/h6-11H,3-5,12-13H2,1-2H3,(H2,21,22,23). The Kier molecular flexibility index (Phi) is 5.43. The lowest BCUT2D eigenvalue weighted by atomic mass is 10.0. The Morgan fingerprint density at radius 1 is 1.08 bits per heavy atom. The molecule has 2 amide bonds. The fraction of sp³-hybridized carbons (Fsp3) is 0.350. The Labute approximate surface area is 148 Å². The van der Waals surface area contributed by atoms with Crippen LogP contribution >= 0.6 is 0 Å². The molecule has 2 aromatic rings. The van der Waals surface area contributed by atoms with Gasteiger partial charge in [-0.05, 0) is 54.7 Å². The van der Waals surface area contributed by atoms with Gasteiger partial charge in [0.05, 0.1) is 0 Å². The minimum Gasteiger partial charge on any atom is -0.454 e. The topological polar surface area (TPSA) is 59.6 Å². The van der Waals surface area contributed by atoms with Gasteiger partial charge in [0.25, 0.3) is 0 Å². The number of unbranched alkanes of at least 4 members (excludes halogenated alkanes) is 1. The number of carbonyl (C=O) groups is 1. The number of nitrogens with one attached hydrogen (secondary N) is 2. The van der Waals surface area contributed by atoms with Gasteiger partial charge in [-0.15, -0.1) is 0 Å². The molecule has 0 bridgehead atoms. The molecule has 2 aromatic carbocycles. The SMILES string of the molecule is CCCCc1ccc(NC(=O)NCc2ccc3c(c2)OCO3)c(C)c1. The van der Waals surface area contributed by atoms with E-state index in [0.29, 0.717) is 6.54 Å². The number of ether oxygens (including phenoxy) is 2. The number of benzene rings is 2. The van der Waals surface area contributed by atoms with E-state index in [2.05, 4.69) is 29.7 Å². The van der Waals surface area contributed by atoms with Crippen molar-refractivity contribution in [3.8, 4) is 11.5 Å². The van der Waals surface area contributed by atoms with Crippen molar-refractivity contribution in [2.75, 3.05) is 12.1 Å². The van der Waals surface area contributed by atoms with Crippen molar-refractivity contribution in [3.63, 3.8) is 0 Å². The second kappa shape index (κ2) is 7.92. The molecule has 5 nitrogen and oxygen atoms in total. The van der Waals surface area contributed by atoms with Gasteiger partial charge in [0, 0.05) is 12.2 Å². The third-order valence-corrected chi connectivity index (χ3v) is 4.25. The highest BCUT2D eigenvalue weighted by molar-refractivity contribution is 5.90. The van der Waals surface area contributed by atoms with E-state index < -0.39 is 0 Å². The molecule has 0 atom stereocenters. The maximum absolute atomic E-state index is 12.2. The molecule has 0 fully saturated rings. The molecule has 132 valence electrons. The van der Waals surface area contributed by atoms with E-state index >= 15 is 0 Å². The van der Waals surface area contributed by atoms with Crippen LogP contribution in [-0.4, -0.2) is 12.8 Å². The quantitative estimate of drug-likeness (QED) is 0.820. The number of anilines is 1. The number of aryl methyl sites for hydroxylation is 2. The summed E-state index contributed by atoms with van der Waals surface area (Å²) in [4.78, 5) is 12.2. The number of amides is 2. The molecule has 0 aromatic heterocycles. The third kappa shape index (κ3) is 4.44. The molecule has 0 spiro atoms. The first-order valence-electron chi connectivity index (χ1n) is 8.68. The minimum absolute atomic E-state index is 0.220. The Morgan fingerprint density at radius 3 is 2.68 bits per heavy atom. The summed E-state index contributed by atoms with van der Waals surface area (Å²) in [6.07, 6.45) is 3.44. The first-order chi connectivity index (χ1) is 12.2. The fourth-order valence-corrected chi connectivity index (χ4v) is 2.80. The zero-order chi connectivity index (χ0) is 17.6. The maximum atomic E-state index is 12.2. The lowest BCUT2D eigenvalue weighted by Crippen LogP contribution is -2.28. The number of hydrogen-bond acceptors (Lipinski definition) is 3. The molecule has 2 N–H and O–H groups in total. The average molecular weight is 340 g/mol. The molecule has 0 unspecified atom stereocenters. The summed E-state index contributed by atoms with van der Waals surface area (Å²) >= 11 is 0. The van der Waals surface area contributed by atoms with Gasteiger partial charge in [-0.3, -0.25) is 0 Å². The zero-order valence-corrected chi connectivity index (χ0v) is 14.7.